The van der Waals surface area contributed by atoms with Crippen molar-refractivity contribution in [1.82, 2.24) is 5.32 Å². The largest absolute Gasteiger partial charge is 0.356 e. The normalized spacial score (nSPS) is 19.1. The maximum absolute atomic E-state index is 11.4. The fourth-order valence-corrected chi connectivity index (χ4v) is 2.15. The van der Waals surface area contributed by atoms with Gasteiger partial charge in [-0.05, 0) is 38.5 Å². The molecule has 0 bridgehead atoms. The number of carbonyl (C=O) groups excluding carboxylic acids is 1. The van der Waals surface area contributed by atoms with Gasteiger partial charge in [0.2, 0.25) is 5.91 Å². The molecule has 0 heterocycles. The van der Waals surface area contributed by atoms with Crippen LogP contribution in [0.4, 0.5) is 0 Å². The Labute approximate surface area is 92.8 Å². The first-order valence-electron chi connectivity index (χ1n) is 6.20. The summed E-state index contributed by atoms with van der Waals surface area (Å²) in [7, 11) is 0. The minimum atomic E-state index is 0.197. The zero-order chi connectivity index (χ0) is 11.1. The second-order valence-corrected chi connectivity index (χ2v) is 4.82. The van der Waals surface area contributed by atoms with E-state index in [1.807, 2.05) is 6.92 Å². The van der Waals surface area contributed by atoms with E-state index in [0.29, 0.717) is 6.42 Å². The molecular formula is C12H24N2O. The van der Waals surface area contributed by atoms with Crippen molar-refractivity contribution in [3.8, 4) is 0 Å². The summed E-state index contributed by atoms with van der Waals surface area (Å²) in [5.41, 5.74) is 5.62. The van der Waals surface area contributed by atoms with Crippen LogP contribution < -0.4 is 11.1 Å². The van der Waals surface area contributed by atoms with Crippen LogP contribution in [-0.4, -0.2) is 18.5 Å². The first-order chi connectivity index (χ1) is 7.18. The average molecular weight is 212 g/mol. The predicted molar refractivity (Wildman–Crippen MR) is 62.5 cm³/mol. The number of amides is 1. The lowest BCUT2D eigenvalue weighted by Gasteiger charge is -2.10. The van der Waals surface area contributed by atoms with Crippen LogP contribution in [0.3, 0.4) is 0 Å². The van der Waals surface area contributed by atoms with Crippen LogP contribution in [0.25, 0.3) is 0 Å². The van der Waals surface area contributed by atoms with E-state index in [1.54, 1.807) is 0 Å². The third-order valence-corrected chi connectivity index (χ3v) is 3.13. The van der Waals surface area contributed by atoms with Gasteiger partial charge < -0.3 is 11.1 Å². The summed E-state index contributed by atoms with van der Waals surface area (Å²) in [5.74, 6) is 0.935. The Hall–Kier alpha value is -0.570. The summed E-state index contributed by atoms with van der Waals surface area (Å²) in [5, 5.41) is 3.02. The van der Waals surface area contributed by atoms with Crippen molar-refractivity contribution in [1.29, 1.82) is 0 Å². The summed E-state index contributed by atoms with van der Waals surface area (Å²) in [6.07, 6.45) is 7.75. The van der Waals surface area contributed by atoms with Gasteiger partial charge in [0.1, 0.15) is 0 Å². The summed E-state index contributed by atoms with van der Waals surface area (Å²) in [4.78, 5) is 11.4. The van der Waals surface area contributed by atoms with Gasteiger partial charge >= 0.3 is 0 Å². The summed E-state index contributed by atoms with van der Waals surface area (Å²) >= 11 is 0. The molecule has 1 aliphatic carbocycles. The van der Waals surface area contributed by atoms with E-state index in [-0.39, 0.29) is 11.9 Å². The molecule has 88 valence electrons. The Kier molecular flexibility index (Phi) is 5.69. The molecule has 0 aromatic rings. The van der Waals surface area contributed by atoms with E-state index >= 15 is 0 Å². The van der Waals surface area contributed by atoms with Crippen LogP contribution >= 0.6 is 0 Å². The first kappa shape index (κ1) is 12.5. The molecule has 3 heteroatoms. The van der Waals surface area contributed by atoms with Crippen molar-refractivity contribution >= 4 is 5.91 Å². The molecule has 0 aromatic carbocycles. The highest BCUT2D eigenvalue weighted by Crippen LogP contribution is 2.23. The van der Waals surface area contributed by atoms with Crippen molar-refractivity contribution in [2.24, 2.45) is 11.7 Å². The van der Waals surface area contributed by atoms with E-state index in [9.17, 15) is 4.79 Å². The zero-order valence-electron chi connectivity index (χ0n) is 9.80. The third-order valence-electron chi connectivity index (χ3n) is 3.13. The SMILES string of the molecule is CC(N)CCCC(=O)NCC1CCCC1. The average Bonchev–Trinajstić information content (AvgIpc) is 2.66. The van der Waals surface area contributed by atoms with Gasteiger partial charge in [-0.25, -0.2) is 0 Å². The number of nitrogens with two attached hydrogens (primary N) is 1. The minimum Gasteiger partial charge on any atom is -0.356 e. The second-order valence-electron chi connectivity index (χ2n) is 4.82. The molecule has 0 radical (unpaired) electrons. The molecule has 0 aromatic heterocycles. The van der Waals surface area contributed by atoms with Crippen molar-refractivity contribution < 1.29 is 4.79 Å². The number of hydrogen-bond acceptors (Lipinski definition) is 2. The molecule has 15 heavy (non-hydrogen) atoms. The van der Waals surface area contributed by atoms with Crippen LogP contribution in [0.1, 0.15) is 51.9 Å². The zero-order valence-corrected chi connectivity index (χ0v) is 9.80. The van der Waals surface area contributed by atoms with Crippen LogP contribution in [-0.2, 0) is 4.79 Å². The molecule has 1 saturated carbocycles. The van der Waals surface area contributed by atoms with Crippen LogP contribution in [0, 0.1) is 5.92 Å². The second kappa shape index (κ2) is 6.83. The number of rotatable bonds is 6. The molecule has 0 spiro atoms. The quantitative estimate of drug-likeness (QED) is 0.705. The maximum atomic E-state index is 11.4. The maximum Gasteiger partial charge on any atom is 0.220 e. The molecule has 1 unspecified atom stereocenters. The molecular weight excluding hydrogens is 188 g/mol. The number of carbonyl (C=O) groups is 1. The van der Waals surface area contributed by atoms with Gasteiger partial charge in [0, 0.05) is 19.0 Å². The number of hydrogen-bond donors (Lipinski definition) is 2. The van der Waals surface area contributed by atoms with Crippen LogP contribution in [0.15, 0.2) is 0 Å². The standard InChI is InChI=1S/C12H24N2O/c1-10(13)5-4-8-12(15)14-9-11-6-2-3-7-11/h10-11H,2-9,13H2,1H3,(H,14,15). The van der Waals surface area contributed by atoms with Crippen molar-refractivity contribution in [3.05, 3.63) is 0 Å². The van der Waals surface area contributed by atoms with E-state index in [1.165, 1.54) is 25.7 Å². The number of nitrogens with one attached hydrogen (secondary N) is 1. The molecule has 1 atom stereocenters. The minimum absolute atomic E-state index is 0.197. The molecule has 1 amide bonds. The molecule has 1 rings (SSSR count). The molecule has 1 aliphatic rings. The summed E-state index contributed by atoms with van der Waals surface area (Å²) in [6.45, 7) is 2.87. The van der Waals surface area contributed by atoms with Gasteiger partial charge in [-0.3, -0.25) is 4.79 Å². The highest BCUT2D eigenvalue weighted by Gasteiger charge is 2.15. The van der Waals surface area contributed by atoms with E-state index in [0.717, 1.165) is 25.3 Å². The summed E-state index contributed by atoms with van der Waals surface area (Å²) < 4.78 is 0. The van der Waals surface area contributed by atoms with Gasteiger partial charge in [-0.1, -0.05) is 12.8 Å². The van der Waals surface area contributed by atoms with Crippen LogP contribution in [0.5, 0.6) is 0 Å². The van der Waals surface area contributed by atoms with Gasteiger partial charge in [0.15, 0.2) is 0 Å². The first-order valence-corrected chi connectivity index (χ1v) is 6.20. The molecule has 3 nitrogen and oxygen atoms in total. The van der Waals surface area contributed by atoms with E-state index in [4.69, 9.17) is 5.73 Å². The Bertz CT molecular complexity index is 186. The Morgan fingerprint density at radius 3 is 2.73 bits per heavy atom. The highest BCUT2D eigenvalue weighted by molar-refractivity contribution is 5.75. The van der Waals surface area contributed by atoms with Gasteiger partial charge in [-0.15, -0.1) is 0 Å². The lowest BCUT2D eigenvalue weighted by atomic mass is 10.1. The van der Waals surface area contributed by atoms with Crippen molar-refractivity contribution in [3.63, 3.8) is 0 Å². The molecule has 0 saturated heterocycles. The smallest absolute Gasteiger partial charge is 0.220 e. The fraction of sp³-hybridized carbons (Fsp3) is 0.917. The van der Waals surface area contributed by atoms with E-state index < -0.39 is 0 Å². The third kappa shape index (κ3) is 5.78. The van der Waals surface area contributed by atoms with Crippen molar-refractivity contribution in [2.75, 3.05) is 6.54 Å². The Morgan fingerprint density at radius 1 is 1.47 bits per heavy atom. The van der Waals surface area contributed by atoms with Gasteiger partial charge in [0.05, 0.1) is 0 Å². The topological polar surface area (TPSA) is 55.1 Å². The van der Waals surface area contributed by atoms with Gasteiger partial charge in [-0.2, -0.15) is 0 Å². The lowest BCUT2D eigenvalue weighted by molar-refractivity contribution is -0.121. The molecule has 0 aliphatic heterocycles. The molecule has 1 fully saturated rings. The van der Waals surface area contributed by atoms with E-state index in [2.05, 4.69) is 5.32 Å². The Balaban J connectivity index is 1.98. The van der Waals surface area contributed by atoms with Gasteiger partial charge in [0.25, 0.3) is 0 Å². The highest BCUT2D eigenvalue weighted by atomic mass is 16.1. The predicted octanol–water partition coefficient (Wildman–Crippen LogP) is 1.81. The molecule has 3 N–H and O–H groups in total. The van der Waals surface area contributed by atoms with Crippen LogP contribution in [0.2, 0.25) is 0 Å². The fourth-order valence-electron chi connectivity index (χ4n) is 2.15. The monoisotopic (exact) mass is 212 g/mol. The Morgan fingerprint density at radius 2 is 2.13 bits per heavy atom. The van der Waals surface area contributed by atoms with Crippen molar-refractivity contribution in [2.45, 2.75) is 57.9 Å². The lowest BCUT2D eigenvalue weighted by Crippen LogP contribution is -2.28. The summed E-state index contributed by atoms with van der Waals surface area (Å²) in [6, 6.07) is 0.215.